The van der Waals surface area contributed by atoms with E-state index in [4.69, 9.17) is 5.11 Å². The zero-order valence-electron chi connectivity index (χ0n) is 12.8. The van der Waals surface area contributed by atoms with Crippen molar-refractivity contribution in [3.63, 3.8) is 0 Å². The minimum Gasteiger partial charge on any atom is -0.508 e. The lowest BCUT2D eigenvalue weighted by Gasteiger charge is -2.17. The van der Waals surface area contributed by atoms with Crippen LogP contribution in [0.25, 0.3) is 0 Å². The van der Waals surface area contributed by atoms with Crippen LogP contribution in [0.15, 0.2) is 36.4 Å². The van der Waals surface area contributed by atoms with Crippen molar-refractivity contribution in [2.75, 3.05) is 6.61 Å². The van der Waals surface area contributed by atoms with E-state index in [1.807, 2.05) is 31.2 Å². The van der Waals surface area contributed by atoms with E-state index in [0.29, 0.717) is 0 Å². The molecular weight excluding hydrogens is 280 g/mol. The molecular formula is C17H24N2O3. The van der Waals surface area contributed by atoms with E-state index in [1.165, 1.54) is 0 Å². The van der Waals surface area contributed by atoms with E-state index >= 15 is 0 Å². The van der Waals surface area contributed by atoms with Crippen molar-refractivity contribution in [3.8, 4) is 5.75 Å². The number of aliphatic hydroxyl groups is 1. The molecule has 0 saturated carbocycles. The normalized spacial score (nSPS) is 21.5. The van der Waals surface area contributed by atoms with Crippen LogP contribution in [0.4, 0.5) is 4.79 Å². The van der Waals surface area contributed by atoms with Crippen LogP contribution in [0.1, 0.15) is 25.3 Å². The van der Waals surface area contributed by atoms with Crippen molar-refractivity contribution in [2.45, 2.75) is 38.3 Å². The number of amides is 2. The van der Waals surface area contributed by atoms with E-state index in [2.05, 4.69) is 10.6 Å². The maximum atomic E-state index is 11.9. The predicted octanol–water partition coefficient (Wildman–Crippen LogP) is 1.95. The standard InChI is InChI=1S/C17H24N2O3/c1-12(2-3-13-5-8-16(21)9-6-13)18-17(22)19-15-7-4-14(10-15)11-20/h4-9,12,14-15,20-21H,2-3,10-11H2,1H3,(H2,18,19,22)/t12?,14-,15+/m0/s1. The Morgan fingerprint density at radius 1 is 1.32 bits per heavy atom. The van der Waals surface area contributed by atoms with Crippen LogP contribution in [0.2, 0.25) is 0 Å². The van der Waals surface area contributed by atoms with Gasteiger partial charge in [0.05, 0.1) is 0 Å². The van der Waals surface area contributed by atoms with Crippen molar-refractivity contribution in [1.29, 1.82) is 0 Å². The number of carbonyl (C=O) groups is 1. The molecule has 22 heavy (non-hydrogen) atoms. The van der Waals surface area contributed by atoms with Crippen LogP contribution in [0, 0.1) is 5.92 Å². The van der Waals surface area contributed by atoms with Gasteiger partial charge in [-0.25, -0.2) is 4.79 Å². The maximum Gasteiger partial charge on any atom is 0.315 e. The van der Waals surface area contributed by atoms with Crippen LogP contribution in [0.5, 0.6) is 5.75 Å². The molecule has 1 aliphatic rings. The second-order valence-electron chi connectivity index (χ2n) is 5.89. The molecule has 0 spiro atoms. The average molecular weight is 304 g/mol. The number of phenols is 1. The second kappa shape index (κ2) is 7.84. The molecule has 120 valence electrons. The number of hydrogen-bond donors (Lipinski definition) is 4. The molecule has 0 fully saturated rings. The third-order valence-corrected chi connectivity index (χ3v) is 3.90. The van der Waals surface area contributed by atoms with Crippen molar-refractivity contribution < 1.29 is 15.0 Å². The van der Waals surface area contributed by atoms with Gasteiger partial charge >= 0.3 is 6.03 Å². The summed E-state index contributed by atoms with van der Waals surface area (Å²) in [4.78, 5) is 11.9. The highest BCUT2D eigenvalue weighted by Gasteiger charge is 2.20. The van der Waals surface area contributed by atoms with Crippen LogP contribution in [-0.2, 0) is 6.42 Å². The Morgan fingerprint density at radius 2 is 2.05 bits per heavy atom. The first-order valence-electron chi connectivity index (χ1n) is 7.71. The fourth-order valence-corrected chi connectivity index (χ4v) is 2.57. The van der Waals surface area contributed by atoms with Crippen molar-refractivity contribution in [3.05, 3.63) is 42.0 Å². The fraction of sp³-hybridized carbons (Fsp3) is 0.471. The Hall–Kier alpha value is -2.01. The Labute approximate surface area is 131 Å². The highest BCUT2D eigenvalue weighted by molar-refractivity contribution is 5.74. The molecule has 5 heteroatoms. The number of carbonyl (C=O) groups excluding carboxylic acids is 1. The second-order valence-corrected chi connectivity index (χ2v) is 5.89. The number of rotatable bonds is 6. The minimum atomic E-state index is -0.175. The summed E-state index contributed by atoms with van der Waals surface area (Å²) in [6.45, 7) is 2.10. The van der Waals surface area contributed by atoms with E-state index < -0.39 is 0 Å². The summed E-state index contributed by atoms with van der Waals surface area (Å²) in [6, 6.07) is 7.01. The third kappa shape index (κ3) is 5.07. The van der Waals surface area contributed by atoms with Crippen molar-refractivity contribution >= 4 is 6.03 Å². The highest BCUT2D eigenvalue weighted by atomic mass is 16.3. The van der Waals surface area contributed by atoms with E-state index in [0.717, 1.165) is 24.8 Å². The van der Waals surface area contributed by atoms with Gasteiger partial charge in [-0.1, -0.05) is 24.3 Å². The summed E-state index contributed by atoms with van der Waals surface area (Å²) >= 11 is 0. The van der Waals surface area contributed by atoms with E-state index in [1.54, 1.807) is 12.1 Å². The Balaban J connectivity index is 1.68. The molecule has 1 aromatic carbocycles. The van der Waals surface area contributed by atoms with Crippen molar-refractivity contribution in [2.24, 2.45) is 5.92 Å². The van der Waals surface area contributed by atoms with Gasteiger partial charge in [0.15, 0.2) is 0 Å². The number of aryl methyl sites for hydroxylation is 1. The maximum absolute atomic E-state index is 11.9. The third-order valence-electron chi connectivity index (χ3n) is 3.90. The summed E-state index contributed by atoms with van der Waals surface area (Å²) in [7, 11) is 0. The molecule has 0 radical (unpaired) electrons. The van der Waals surface area contributed by atoms with Gasteiger partial charge in [-0.3, -0.25) is 0 Å². The summed E-state index contributed by atoms with van der Waals surface area (Å²) in [5.74, 6) is 0.414. The lowest BCUT2D eigenvalue weighted by Crippen LogP contribution is -2.44. The number of nitrogens with one attached hydrogen (secondary N) is 2. The Bertz CT molecular complexity index is 513. The van der Waals surface area contributed by atoms with E-state index in [9.17, 15) is 9.90 Å². The number of urea groups is 1. The SMILES string of the molecule is CC(CCc1ccc(O)cc1)NC(=O)N[C@@H]1C=C[C@H](CO)C1. The summed E-state index contributed by atoms with van der Waals surface area (Å²) in [6.07, 6.45) is 6.31. The Kier molecular flexibility index (Phi) is 5.83. The molecule has 2 amide bonds. The summed E-state index contributed by atoms with van der Waals surface area (Å²) in [5, 5.41) is 24.1. The molecule has 1 unspecified atom stereocenters. The van der Waals surface area contributed by atoms with Gasteiger partial charge < -0.3 is 20.8 Å². The largest absolute Gasteiger partial charge is 0.508 e. The van der Waals surface area contributed by atoms with Crippen LogP contribution < -0.4 is 10.6 Å². The first-order valence-corrected chi connectivity index (χ1v) is 7.71. The van der Waals surface area contributed by atoms with Gasteiger partial charge in [0, 0.05) is 24.6 Å². The number of hydrogen-bond acceptors (Lipinski definition) is 3. The molecule has 0 bridgehead atoms. The summed E-state index contributed by atoms with van der Waals surface area (Å²) < 4.78 is 0. The zero-order valence-corrected chi connectivity index (χ0v) is 12.8. The highest BCUT2D eigenvalue weighted by Crippen LogP contribution is 2.17. The predicted molar refractivity (Wildman–Crippen MR) is 85.7 cm³/mol. The number of benzene rings is 1. The molecule has 4 N–H and O–H groups in total. The number of aliphatic hydroxyl groups excluding tert-OH is 1. The van der Waals surface area contributed by atoms with Gasteiger partial charge in [0.1, 0.15) is 5.75 Å². The van der Waals surface area contributed by atoms with Crippen LogP contribution in [0.3, 0.4) is 0 Å². The summed E-state index contributed by atoms with van der Waals surface area (Å²) in [5.41, 5.74) is 1.14. The molecule has 1 aliphatic carbocycles. The first kappa shape index (κ1) is 16.4. The smallest absolute Gasteiger partial charge is 0.315 e. The molecule has 0 heterocycles. The van der Waals surface area contributed by atoms with Gasteiger partial charge in [-0.05, 0) is 43.9 Å². The van der Waals surface area contributed by atoms with E-state index in [-0.39, 0.29) is 36.4 Å². The monoisotopic (exact) mass is 304 g/mol. The molecule has 0 saturated heterocycles. The molecule has 0 aliphatic heterocycles. The number of aromatic hydroxyl groups is 1. The fourth-order valence-electron chi connectivity index (χ4n) is 2.57. The van der Waals surface area contributed by atoms with Gasteiger partial charge in [-0.2, -0.15) is 0 Å². The zero-order chi connectivity index (χ0) is 15.9. The quantitative estimate of drug-likeness (QED) is 0.606. The minimum absolute atomic E-state index is 0.00134. The Morgan fingerprint density at radius 3 is 2.68 bits per heavy atom. The van der Waals surface area contributed by atoms with Crippen LogP contribution >= 0.6 is 0 Å². The molecule has 0 aromatic heterocycles. The van der Waals surface area contributed by atoms with Gasteiger partial charge in [-0.15, -0.1) is 0 Å². The van der Waals surface area contributed by atoms with Gasteiger partial charge in [0.25, 0.3) is 0 Å². The van der Waals surface area contributed by atoms with Gasteiger partial charge in [0.2, 0.25) is 0 Å². The molecule has 5 nitrogen and oxygen atoms in total. The average Bonchev–Trinajstić information content (AvgIpc) is 2.94. The molecule has 2 rings (SSSR count). The first-order chi connectivity index (χ1) is 10.6. The lowest BCUT2D eigenvalue weighted by atomic mass is 10.1. The van der Waals surface area contributed by atoms with Crippen molar-refractivity contribution in [1.82, 2.24) is 10.6 Å². The molecule has 3 atom stereocenters. The lowest BCUT2D eigenvalue weighted by molar-refractivity contribution is 0.228. The molecule has 1 aromatic rings. The van der Waals surface area contributed by atoms with Crippen LogP contribution in [-0.4, -0.2) is 34.9 Å². The topological polar surface area (TPSA) is 81.6 Å². The number of phenolic OH excluding ortho intramolecular Hbond substituents is 1.